The van der Waals surface area contributed by atoms with Crippen molar-refractivity contribution >= 4 is 5.78 Å². The van der Waals surface area contributed by atoms with E-state index in [-0.39, 0.29) is 17.1 Å². The molecule has 1 aromatic carbocycles. The van der Waals surface area contributed by atoms with Crippen molar-refractivity contribution in [2.45, 2.75) is 39.5 Å². The van der Waals surface area contributed by atoms with E-state index in [1.54, 1.807) is 0 Å². The molecule has 1 atom stereocenters. The zero-order chi connectivity index (χ0) is 16.2. The van der Waals surface area contributed by atoms with Crippen molar-refractivity contribution in [1.29, 1.82) is 0 Å². The van der Waals surface area contributed by atoms with Gasteiger partial charge in [0.25, 0.3) is 0 Å². The first-order valence-electron chi connectivity index (χ1n) is 8.00. The largest absolute Gasteiger partial charge is 0.441 e. The Hall–Kier alpha value is -2.36. The minimum Gasteiger partial charge on any atom is -0.441 e. The molecule has 2 heterocycles. The maximum atomic E-state index is 12.9. The van der Waals surface area contributed by atoms with E-state index in [0.717, 1.165) is 34.6 Å². The van der Waals surface area contributed by atoms with Gasteiger partial charge in [-0.15, -0.1) is 5.10 Å². The van der Waals surface area contributed by atoms with Gasteiger partial charge in [-0.25, -0.2) is 0 Å². The van der Waals surface area contributed by atoms with Crippen LogP contribution in [0.15, 0.2) is 41.7 Å². The number of benzene rings is 1. The molecule has 0 saturated carbocycles. The summed E-state index contributed by atoms with van der Waals surface area (Å²) in [7, 11) is 0. The van der Waals surface area contributed by atoms with E-state index in [0.29, 0.717) is 12.3 Å². The molecule has 0 bridgehead atoms. The van der Waals surface area contributed by atoms with Crippen molar-refractivity contribution in [1.82, 2.24) is 10.2 Å². The number of hydrogen-bond donors (Lipinski definition) is 1. The van der Waals surface area contributed by atoms with E-state index in [1.807, 2.05) is 25.1 Å². The molecular weight excluding hydrogens is 288 g/mol. The molecule has 0 spiro atoms. The van der Waals surface area contributed by atoms with Crippen LogP contribution in [0.2, 0.25) is 0 Å². The summed E-state index contributed by atoms with van der Waals surface area (Å²) in [4.78, 5) is 12.9. The number of nitrogens with one attached hydrogen (secondary N) is 1. The lowest BCUT2D eigenvalue weighted by Crippen LogP contribution is -2.32. The van der Waals surface area contributed by atoms with Gasteiger partial charge in [0.05, 0.1) is 0 Å². The van der Waals surface area contributed by atoms with E-state index < -0.39 is 0 Å². The van der Waals surface area contributed by atoms with Crippen LogP contribution < -0.4 is 4.74 Å². The highest BCUT2D eigenvalue weighted by Gasteiger charge is 2.43. The first-order chi connectivity index (χ1) is 11.0. The second-order valence-corrected chi connectivity index (χ2v) is 7.29. The van der Waals surface area contributed by atoms with Crippen LogP contribution in [0.4, 0.5) is 0 Å². The molecule has 4 rings (SSSR count). The molecule has 0 amide bonds. The standard InChI is InChI=1S/C19H20N2O2/c1-11-15-16(12-7-5-4-6-8-12)17-13(22)9-19(2,3)10-14(17)23-18(15)21-20-11/h4-8,16H,9-10H2,1-3H3,(H,20,21). The highest BCUT2D eigenvalue weighted by molar-refractivity contribution is 6.00. The molecule has 1 unspecified atom stereocenters. The summed E-state index contributed by atoms with van der Waals surface area (Å²) in [6.45, 7) is 6.20. The van der Waals surface area contributed by atoms with Gasteiger partial charge < -0.3 is 4.74 Å². The van der Waals surface area contributed by atoms with E-state index in [9.17, 15) is 4.79 Å². The maximum absolute atomic E-state index is 12.9. The fraction of sp³-hybridized carbons (Fsp3) is 0.368. The average molecular weight is 308 g/mol. The van der Waals surface area contributed by atoms with E-state index in [1.165, 1.54) is 0 Å². The minimum atomic E-state index is -0.0858. The summed E-state index contributed by atoms with van der Waals surface area (Å²) in [6, 6.07) is 10.2. The molecule has 0 fully saturated rings. The number of ketones is 1. The zero-order valence-corrected chi connectivity index (χ0v) is 13.6. The average Bonchev–Trinajstić information content (AvgIpc) is 2.86. The number of allylic oxidation sites excluding steroid dienone is 2. The van der Waals surface area contributed by atoms with Gasteiger partial charge in [-0.05, 0) is 17.9 Å². The second-order valence-electron chi connectivity index (χ2n) is 7.29. The molecule has 1 aliphatic carbocycles. The summed E-state index contributed by atoms with van der Waals surface area (Å²) in [5, 5.41) is 7.31. The van der Waals surface area contributed by atoms with Crippen LogP contribution >= 0.6 is 0 Å². The number of ether oxygens (including phenoxy) is 1. The number of nitrogens with zero attached hydrogens (tertiary/aromatic N) is 1. The number of aryl methyl sites for hydroxylation is 1. The number of carbonyl (C=O) groups is 1. The first kappa shape index (κ1) is 14.2. The van der Waals surface area contributed by atoms with Crippen LogP contribution in [-0.4, -0.2) is 16.0 Å². The quantitative estimate of drug-likeness (QED) is 0.869. The van der Waals surface area contributed by atoms with Crippen LogP contribution in [0.25, 0.3) is 0 Å². The third-order valence-electron chi connectivity index (χ3n) is 4.77. The molecule has 1 aromatic heterocycles. The Kier molecular flexibility index (Phi) is 2.98. The summed E-state index contributed by atoms with van der Waals surface area (Å²) < 4.78 is 6.03. The predicted octanol–water partition coefficient (Wildman–Crippen LogP) is 3.89. The number of fused-ring (bicyclic) bond motifs is 1. The molecule has 118 valence electrons. The molecule has 1 N–H and O–H groups in total. The number of carbonyl (C=O) groups excluding carboxylic acids is 1. The summed E-state index contributed by atoms with van der Waals surface area (Å²) >= 11 is 0. The number of H-pyrrole nitrogens is 1. The number of aromatic amines is 1. The van der Waals surface area contributed by atoms with Gasteiger partial charge in [-0.1, -0.05) is 44.2 Å². The van der Waals surface area contributed by atoms with Gasteiger partial charge in [-0.2, -0.15) is 0 Å². The third kappa shape index (κ3) is 2.21. The predicted molar refractivity (Wildman–Crippen MR) is 87.3 cm³/mol. The van der Waals surface area contributed by atoms with E-state index in [4.69, 9.17) is 4.74 Å². The zero-order valence-electron chi connectivity index (χ0n) is 13.6. The Balaban J connectivity index is 1.94. The molecule has 2 aromatic rings. The highest BCUT2D eigenvalue weighted by atomic mass is 16.5. The smallest absolute Gasteiger partial charge is 0.242 e. The molecule has 2 aliphatic rings. The van der Waals surface area contributed by atoms with Crippen LogP contribution in [0.3, 0.4) is 0 Å². The molecule has 4 nitrogen and oxygen atoms in total. The van der Waals surface area contributed by atoms with Gasteiger partial charge in [-0.3, -0.25) is 9.89 Å². The Morgan fingerprint density at radius 1 is 1.22 bits per heavy atom. The van der Waals surface area contributed by atoms with Crippen LogP contribution in [0.1, 0.15) is 49.4 Å². The van der Waals surface area contributed by atoms with Gasteiger partial charge in [0.1, 0.15) is 5.76 Å². The summed E-state index contributed by atoms with van der Waals surface area (Å²) in [5.41, 5.74) is 3.80. The SMILES string of the molecule is Cc1[nH]nc2c1C(c1ccccc1)C1=C(CC(C)(C)CC1=O)O2. The molecule has 23 heavy (non-hydrogen) atoms. The van der Waals surface area contributed by atoms with Crippen LogP contribution in [-0.2, 0) is 4.79 Å². The maximum Gasteiger partial charge on any atom is 0.242 e. The normalized spacial score (nSPS) is 22.4. The number of Topliss-reactive ketones (excluding diaryl/α,β-unsaturated/α-hetero) is 1. The summed E-state index contributed by atoms with van der Waals surface area (Å²) in [5.74, 6) is 1.51. The Morgan fingerprint density at radius 2 is 1.96 bits per heavy atom. The lowest BCUT2D eigenvalue weighted by molar-refractivity contribution is -0.118. The lowest BCUT2D eigenvalue weighted by atomic mass is 9.70. The number of aromatic nitrogens is 2. The van der Waals surface area contributed by atoms with Crippen molar-refractivity contribution in [3.63, 3.8) is 0 Å². The van der Waals surface area contributed by atoms with Gasteiger partial charge in [0.15, 0.2) is 5.78 Å². The third-order valence-corrected chi connectivity index (χ3v) is 4.77. The molecule has 4 heteroatoms. The number of rotatable bonds is 1. The Morgan fingerprint density at radius 3 is 2.70 bits per heavy atom. The summed E-state index contributed by atoms with van der Waals surface area (Å²) in [6.07, 6.45) is 1.33. The topological polar surface area (TPSA) is 55.0 Å². The van der Waals surface area contributed by atoms with Crippen LogP contribution in [0, 0.1) is 12.3 Å². The van der Waals surface area contributed by atoms with Crippen molar-refractivity contribution in [2.24, 2.45) is 5.41 Å². The highest BCUT2D eigenvalue weighted by Crippen LogP contribution is 2.50. The molecule has 0 radical (unpaired) electrons. The van der Waals surface area contributed by atoms with Crippen molar-refractivity contribution in [2.75, 3.05) is 0 Å². The van der Waals surface area contributed by atoms with E-state index >= 15 is 0 Å². The van der Waals surface area contributed by atoms with Gasteiger partial charge in [0, 0.05) is 35.6 Å². The van der Waals surface area contributed by atoms with Gasteiger partial charge in [0.2, 0.25) is 5.88 Å². The van der Waals surface area contributed by atoms with Gasteiger partial charge >= 0.3 is 0 Å². The van der Waals surface area contributed by atoms with Crippen molar-refractivity contribution in [3.05, 3.63) is 58.5 Å². The van der Waals surface area contributed by atoms with Crippen molar-refractivity contribution in [3.8, 4) is 5.88 Å². The molecule has 0 saturated heterocycles. The molecular formula is C19H20N2O2. The van der Waals surface area contributed by atoms with E-state index in [2.05, 4.69) is 36.2 Å². The fourth-order valence-corrected chi connectivity index (χ4v) is 3.76. The Labute approximate surface area is 135 Å². The fourth-order valence-electron chi connectivity index (χ4n) is 3.76. The Bertz CT molecular complexity index is 815. The minimum absolute atomic E-state index is 0.0694. The first-order valence-corrected chi connectivity index (χ1v) is 8.00. The monoisotopic (exact) mass is 308 g/mol. The molecule has 1 aliphatic heterocycles. The second kappa shape index (κ2) is 4.82. The van der Waals surface area contributed by atoms with Crippen molar-refractivity contribution < 1.29 is 9.53 Å². The lowest BCUT2D eigenvalue weighted by Gasteiger charge is -2.37. The van der Waals surface area contributed by atoms with Crippen LogP contribution in [0.5, 0.6) is 5.88 Å². The number of hydrogen-bond acceptors (Lipinski definition) is 3.